The van der Waals surface area contributed by atoms with Crippen LogP contribution in [0.1, 0.15) is 31.2 Å². The second kappa shape index (κ2) is 5.69. The van der Waals surface area contributed by atoms with E-state index in [-0.39, 0.29) is 12.3 Å². The molecule has 0 saturated carbocycles. The number of nitrogens with one attached hydrogen (secondary N) is 1. The number of aromatic nitrogens is 2. The summed E-state index contributed by atoms with van der Waals surface area (Å²) in [5, 5.41) is 2.88. The zero-order valence-corrected chi connectivity index (χ0v) is 11.6. The molecule has 0 atom stereocenters. The lowest BCUT2D eigenvalue weighted by Gasteiger charge is -2.08. The van der Waals surface area contributed by atoms with Crippen molar-refractivity contribution in [3.8, 4) is 0 Å². The SMILES string of the molecule is CC(C)c1ccc(NC(=O)Cc2nccn2C)cc1. The predicted molar refractivity (Wildman–Crippen MR) is 76.1 cm³/mol. The van der Waals surface area contributed by atoms with E-state index in [1.807, 2.05) is 42.1 Å². The van der Waals surface area contributed by atoms with Gasteiger partial charge in [0.1, 0.15) is 5.82 Å². The van der Waals surface area contributed by atoms with Crippen molar-refractivity contribution < 1.29 is 4.79 Å². The predicted octanol–water partition coefficient (Wildman–Crippen LogP) is 2.72. The zero-order valence-electron chi connectivity index (χ0n) is 11.6. The molecule has 2 aromatic rings. The minimum atomic E-state index is -0.0494. The average Bonchev–Trinajstić information content (AvgIpc) is 2.75. The van der Waals surface area contributed by atoms with Gasteiger partial charge in [-0.05, 0) is 23.6 Å². The second-order valence-corrected chi connectivity index (χ2v) is 4.96. The van der Waals surface area contributed by atoms with Crippen LogP contribution in [0.3, 0.4) is 0 Å². The molecule has 2 rings (SSSR count). The molecule has 0 aliphatic heterocycles. The molecule has 19 heavy (non-hydrogen) atoms. The molecule has 4 heteroatoms. The van der Waals surface area contributed by atoms with Crippen LogP contribution in [-0.4, -0.2) is 15.5 Å². The number of anilines is 1. The molecular formula is C15H19N3O. The molecule has 4 nitrogen and oxygen atoms in total. The van der Waals surface area contributed by atoms with Gasteiger partial charge in [0.05, 0.1) is 6.42 Å². The molecule has 0 fully saturated rings. The molecule has 0 spiro atoms. The molecule has 0 bridgehead atoms. The van der Waals surface area contributed by atoms with E-state index in [9.17, 15) is 4.79 Å². The van der Waals surface area contributed by atoms with E-state index in [4.69, 9.17) is 0 Å². The van der Waals surface area contributed by atoms with Crippen LogP contribution in [0.25, 0.3) is 0 Å². The summed E-state index contributed by atoms with van der Waals surface area (Å²) in [5.41, 5.74) is 2.09. The van der Waals surface area contributed by atoms with E-state index < -0.39 is 0 Å². The number of carbonyl (C=O) groups excluding carboxylic acids is 1. The van der Waals surface area contributed by atoms with Gasteiger partial charge in [0.15, 0.2) is 0 Å². The van der Waals surface area contributed by atoms with Crippen LogP contribution in [0.4, 0.5) is 5.69 Å². The lowest BCUT2D eigenvalue weighted by molar-refractivity contribution is -0.115. The van der Waals surface area contributed by atoms with E-state index in [0.29, 0.717) is 5.92 Å². The summed E-state index contributed by atoms with van der Waals surface area (Å²) in [6.07, 6.45) is 3.82. The molecule has 0 saturated heterocycles. The van der Waals surface area contributed by atoms with Gasteiger partial charge in [-0.1, -0.05) is 26.0 Å². The summed E-state index contributed by atoms with van der Waals surface area (Å²) in [6, 6.07) is 7.96. The van der Waals surface area contributed by atoms with Crippen LogP contribution in [0, 0.1) is 0 Å². The lowest BCUT2D eigenvalue weighted by atomic mass is 10.0. The number of imidazole rings is 1. The van der Waals surface area contributed by atoms with Crippen molar-refractivity contribution in [3.05, 3.63) is 48.0 Å². The van der Waals surface area contributed by atoms with Crippen LogP contribution in [0.5, 0.6) is 0 Å². The fourth-order valence-electron chi connectivity index (χ4n) is 1.87. The Kier molecular flexibility index (Phi) is 4.00. The molecule has 0 unspecified atom stereocenters. The van der Waals surface area contributed by atoms with Gasteiger partial charge in [-0.15, -0.1) is 0 Å². The van der Waals surface area contributed by atoms with Crippen LogP contribution in [0.2, 0.25) is 0 Å². The Morgan fingerprint density at radius 3 is 2.53 bits per heavy atom. The first kappa shape index (κ1) is 13.3. The first-order valence-electron chi connectivity index (χ1n) is 6.42. The fourth-order valence-corrected chi connectivity index (χ4v) is 1.87. The number of hydrogen-bond donors (Lipinski definition) is 1. The highest BCUT2D eigenvalue weighted by Gasteiger charge is 2.08. The number of benzene rings is 1. The number of nitrogens with zero attached hydrogens (tertiary/aromatic N) is 2. The van der Waals surface area contributed by atoms with Gasteiger partial charge >= 0.3 is 0 Å². The summed E-state index contributed by atoms with van der Waals surface area (Å²) in [4.78, 5) is 16.0. The minimum absolute atomic E-state index is 0.0494. The Hall–Kier alpha value is -2.10. The molecule has 0 aliphatic rings. The number of amides is 1. The number of aryl methyl sites for hydroxylation is 1. The second-order valence-electron chi connectivity index (χ2n) is 4.96. The molecule has 1 N–H and O–H groups in total. The topological polar surface area (TPSA) is 46.9 Å². The maximum absolute atomic E-state index is 11.9. The summed E-state index contributed by atoms with van der Waals surface area (Å²) < 4.78 is 1.85. The number of rotatable bonds is 4. The Morgan fingerprint density at radius 2 is 2.00 bits per heavy atom. The molecular weight excluding hydrogens is 238 g/mol. The van der Waals surface area contributed by atoms with Crippen LogP contribution in [0.15, 0.2) is 36.7 Å². The van der Waals surface area contributed by atoms with Gasteiger partial charge in [-0.2, -0.15) is 0 Å². The van der Waals surface area contributed by atoms with E-state index >= 15 is 0 Å². The maximum Gasteiger partial charge on any atom is 0.231 e. The van der Waals surface area contributed by atoms with Gasteiger partial charge < -0.3 is 9.88 Å². The van der Waals surface area contributed by atoms with E-state index in [1.54, 1.807) is 6.20 Å². The number of hydrogen-bond acceptors (Lipinski definition) is 2. The van der Waals surface area contributed by atoms with Crippen molar-refractivity contribution >= 4 is 11.6 Å². The summed E-state index contributed by atoms with van der Waals surface area (Å²) in [6.45, 7) is 4.29. The van der Waals surface area contributed by atoms with E-state index in [1.165, 1.54) is 5.56 Å². The average molecular weight is 257 g/mol. The van der Waals surface area contributed by atoms with Crippen molar-refractivity contribution in [3.63, 3.8) is 0 Å². The smallest absolute Gasteiger partial charge is 0.231 e. The van der Waals surface area contributed by atoms with Crippen molar-refractivity contribution in [2.24, 2.45) is 7.05 Å². The summed E-state index contributed by atoms with van der Waals surface area (Å²) in [7, 11) is 1.88. The van der Waals surface area contributed by atoms with Gasteiger partial charge in [-0.3, -0.25) is 4.79 Å². The first-order chi connectivity index (χ1) is 9.06. The highest BCUT2D eigenvalue weighted by Crippen LogP contribution is 2.17. The van der Waals surface area contributed by atoms with E-state index in [0.717, 1.165) is 11.5 Å². The van der Waals surface area contributed by atoms with Gasteiger partial charge in [0.2, 0.25) is 5.91 Å². The fraction of sp³-hybridized carbons (Fsp3) is 0.333. The van der Waals surface area contributed by atoms with E-state index in [2.05, 4.69) is 24.1 Å². The van der Waals surface area contributed by atoms with Crippen molar-refractivity contribution in [2.45, 2.75) is 26.2 Å². The lowest BCUT2D eigenvalue weighted by Crippen LogP contribution is -2.16. The largest absolute Gasteiger partial charge is 0.338 e. The van der Waals surface area contributed by atoms with Crippen LogP contribution < -0.4 is 5.32 Å². The molecule has 0 radical (unpaired) electrons. The molecule has 0 aliphatic carbocycles. The quantitative estimate of drug-likeness (QED) is 0.915. The monoisotopic (exact) mass is 257 g/mol. The van der Waals surface area contributed by atoms with Crippen LogP contribution >= 0.6 is 0 Å². The van der Waals surface area contributed by atoms with Gasteiger partial charge in [-0.25, -0.2) is 4.98 Å². The standard InChI is InChI=1S/C15H19N3O/c1-11(2)12-4-6-13(7-5-12)17-15(19)10-14-16-8-9-18(14)3/h4-9,11H,10H2,1-3H3,(H,17,19). The Bertz CT molecular complexity index is 555. The Labute approximate surface area is 113 Å². The van der Waals surface area contributed by atoms with Gasteiger partial charge in [0.25, 0.3) is 0 Å². The first-order valence-corrected chi connectivity index (χ1v) is 6.42. The molecule has 100 valence electrons. The highest BCUT2D eigenvalue weighted by molar-refractivity contribution is 5.91. The summed E-state index contributed by atoms with van der Waals surface area (Å²) >= 11 is 0. The number of carbonyl (C=O) groups is 1. The molecule has 1 aromatic heterocycles. The molecule has 1 heterocycles. The van der Waals surface area contributed by atoms with Crippen molar-refractivity contribution in [1.82, 2.24) is 9.55 Å². The third-order valence-corrected chi connectivity index (χ3v) is 3.10. The van der Waals surface area contributed by atoms with Gasteiger partial charge in [0, 0.05) is 25.1 Å². The Balaban J connectivity index is 1.97. The molecule has 1 aromatic carbocycles. The van der Waals surface area contributed by atoms with Crippen molar-refractivity contribution in [2.75, 3.05) is 5.32 Å². The zero-order chi connectivity index (χ0) is 13.8. The minimum Gasteiger partial charge on any atom is -0.338 e. The highest BCUT2D eigenvalue weighted by atomic mass is 16.1. The third kappa shape index (κ3) is 3.44. The Morgan fingerprint density at radius 1 is 1.32 bits per heavy atom. The molecule has 1 amide bonds. The normalized spacial score (nSPS) is 10.7. The third-order valence-electron chi connectivity index (χ3n) is 3.10. The van der Waals surface area contributed by atoms with Crippen LogP contribution in [-0.2, 0) is 18.3 Å². The van der Waals surface area contributed by atoms with Crippen molar-refractivity contribution in [1.29, 1.82) is 0 Å². The summed E-state index contributed by atoms with van der Waals surface area (Å²) in [5.74, 6) is 1.21. The maximum atomic E-state index is 11.9.